The van der Waals surface area contributed by atoms with Gasteiger partial charge in [0.15, 0.2) is 0 Å². The summed E-state index contributed by atoms with van der Waals surface area (Å²) >= 11 is 0. The summed E-state index contributed by atoms with van der Waals surface area (Å²) in [6.45, 7) is 12.5. The second-order valence-corrected chi connectivity index (χ2v) is 5.35. The maximum atomic E-state index is 5.90. The van der Waals surface area contributed by atoms with Crippen molar-refractivity contribution in [1.29, 1.82) is 0 Å². The van der Waals surface area contributed by atoms with E-state index in [9.17, 15) is 0 Å². The molecule has 0 aromatic carbocycles. The average Bonchev–Trinajstić information content (AvgIpc) is 2.06. The zero-order valence-corrected chi connectivity index (χ0v) is 10.5. The SMILES string of the molecule is Cc1c(N)nc(C(C)(C)C)nc1C(C)C. The van der Waals surface area contributed by atoms with Gasteiger partial charge in [0.05, 0.1) is 5.69 Å². The topological polar surface area (TPSA) is 51.8 Å². The Labute approximate surface area is 92.1 Å². The van der Waals surface area contributed by atoms with Gasteiger partial charge in [0.2, 0.25) is 0 Å². The molecule has 0 saturated heterocycles. The summed E-state index contributed by atoms with van der Waals surface area (Å²) in [7, 11) is 0. The third-order valence-electron chi connectivity index (χ3n) is 2.44. The molecule has 0 bridgehead atoms. The minimum Gasteiger partial charge on any atom is -0.383 e. The van der Waals surface area contributed by atoms with Crippen molar-refractivity contribution >= 4 is 5.82 Å². The van der Waals surface area contributed by atoms with Gasteiger partial charge in [0, 0.05) is 11.0 Å². The monoisotopic (exact) mass is 207 g/mol. The maximum Gasteiger partial charge on any atom is 0.136 e. The van der Waals surface area contributed by atoms with Gasteiger partial charge >= 0.3 is 0 Å². The Morgan fingerprint density at radius 3 is 2.07 bits per heavy atom. The van der Waals surface area contributed by atoms with Gasteiger partial charge in [-0.25, -0.2) is 9.97 Å². The Balaban J connectivity index is 3.36. The van der Waals surface area contributed by atoms with Crippen molar-refractivity contribution in [2.75, 3.05) is 5.73 Å². The number of nitrogens with zero attached hydrogens (tertiary/aromatic N) is 2. The number of hydrogen-bond acceptors (Lipinski definition) is 3. The van der Waals surface area contributed by atoms with E-state index in [1.165, 1.54) is 0 Å². The molecule has 0 spiro atoms. The molecule has 1 aromatic heterocycles. The third kappa shape index (κ3) is 2.46. The molecule has 0 aliphatic carbocycles. The van der Waals surface area contributed by atoms with Gasteiger partial charge in [0.25, 0.3) is 0 Å². The van der Waals surface area contributed by atoms with Gasteiger partial charge in [0.1, 0.15) is 11.6 Å². The molecule has 0 atom stereocenters. The summed E-state index contributed by atoms with van der Waals surface area (Å²) in [5, 5.41) is 0. The van der Waals surface area contributed by atoms with Crippen molar-refractivity contribution in [3.8, 4) is 0 Å². The second kappa shape index (κ2) is 3.80. The van der Waals surface area contributed by atoms with Crippen LogP contribution in [0.3, 0.4) is 0 Å². The van der Waals surface area contributed by atoms with E-state index in [2.05, 4.69) is 44.6 Å². The molecule has 1 heterocycles. The second-order valence-electron chi connectivity index (χ2n) is 5.35. The third-order valence-corrected chi connectivity index (χ3v) is 2.44. The number of nitrogens with two attached hydrogens (primary N) is 1. The molecule has 1 rings (SSSR count). The van der Waals surface area contributed by atoms with E-state index in [1.54, 1.807) is 0 Å². The molecule has 0 aliphatic rings. The van der Waals surface area contributed by atoms with E-state index in [1.807, 2.05) is 6.92 Å². The Hall–Kier alpha value is -1.12. The Morgan fingerprint density at radius 1 is 1.13 bits per heavy atom. The predicted octanol–water partition coefficient (Wildman–Crippen LogP) is 2.79. The summed E-state index contributed by atoms with van der Waals surface area (Å²) in [6, 6.07) is 0. The van der Waals surface area contributed by atoms with Crippen molar-refractivity contribution in [3.05, 3.63) is 17.1 Å². The van der Waals surface area contributed by atoms with Crippen LogP contribution in [-0.4, -0.2) is 9.97 Å². The fourth-order valence-electron chi connectivity index (χ4n) is 1.45. The van der Waals surface area contributed by atoms with Crippen LogP contribution in [0.2, 0.25) is 0 Å². The van der Waals surface area contributed by atoms with Crippen molar-refractivity contribution in [1.82, 2.24) is 9.97 Å². The molecular formula is C12H21N3. The van der Waals surface area contributed by atoms with Crippen LogP contribution in [0.5, 0.6) is 0 Å². The standard InChI is InChI=1S/C12H21N3/c1-7(2)9-8(3)10(13)15-11(14-9)12(4,5)6/h7H,1-6H3,(H2,13,14,15). The van der Waals surface area contributed by atoms with Crippen LogP contribution in [0.25, 0.3) is 0 Å². The lowest BCUT2D eigenvalue weighted by molar-refractivity contribution is 0.539. The highest BCUT2D eigenvalue weighted by atomic mass is 15.0. The minimum atomic E-state index is -0.0501. The largest absolute Gasteiger partial charge is 0.383 e. The van der Waals surface area contributed by atoms with Gasteiger partial charge in [-0.05, 0) is 12.8 Å². The molecule has 0 aliphatic heterocycles. The fourth-order valence-corrected chi connectivity index (χ4v) is 1.45. The lowest BCUT2D eigenvalue weighted by atomic mass is 9.94. The Bertz CT molecular complexity index is 362. The van der Waals surface area contributed by atoms with Gasteiger partial charge in [-0.3, -0.25) is 0 Å². The molecule has 0 amide bonds. The molecule has 2 N–H and O–H groups in total. The quantitative estimate of drug-likeness (QED) is 0.770. The summed E-state index contributed by atoms with van der Waals surface area (Å²) in [6.07, 6.45) is 0. The van der Waals surface area contributed by atoms with E-state index in [0.29, 0.717) is 11.7 Å². The van der Waals surface area contributed by atoms with Crippen molar-refractivity contribution in [3.63, 3.8) is 0 Å². The first-order valence-electron chi connectivity index (χ1n) is 5.38. The highest BCUT2D eigenvalue weighted by Gasteiger charge is 2.21. The van der Waals surface area contributed by atoms with Crippen LogP contribution in [0.4, 0.5) is 5.82 Å². The summed E-state index contributed by atoms with van der Waals surface area (Å²) in [5.74, 6) is 1.82. The summed E-state index contributed by atoms with van der Waals surface area (Å²) < 4.78 is 0. The van der Waals surface area contributed by atoms with E-state index >= 15 is 0 Å². The number of anilines is 1. The molecule has 1 aromatic rings. The zero-order valence-electron chi connectivity index (χ0n) is 10.5. The first-order valence-corrected chi connectivity index (χ1v) is 5.38. The average molecular weight is 207 g/mol. The number of hydrogen-bond donors (Lipinski definition) is 1. The van der Waals surface area contributed by atoms with E-state index in [0.717, 1.165) is 17.1 Å². The normalized spacial score (nSPS) is 12.2. The maximum absolute atomic E-state index is 5.90. The van der Waals surface area contributed by atoms with Crippen LogP contribution in [0.1, 0.15) is 57.6 Å². The fraction of sp³-hybridized carbons (Fsp3) is 0.667. The minimum absolute atomic E-state index is 0.0501. The van der Waals surface area contributed by atoms with Crippen LogP contribution in [0, 0.1) is 6.92 Å². The van der Waals surface area contributed by atoms with Crippen LogP contribution < -0.4 is 5.73 Å². The number of nitrogen functional groups attached to an aromatic ring is 1. The Kier molecular flexibility index (Phi) is 3.03. The zero-order chi connectivity index (χ0) is 11.8. The lowest BCUT2D eigenvalue weighted by Gasteiger charge is -2.20. The molecule has 0 fully saturated rings. The molecule has 3 heteroatoms. The van der Waals surface area contributed by atoms with Crippen LogP contribution in [-0.2, 0) is 5.41 Å². The van der Waals surface area contributed by atoms with Gasteiger partial charge in [-0.15, -0.1) is 0 Å². The van der Waals surface area contributed by atoms with Gasteiger partial charge in [-0.1, -0.05) is 34.6 Å². The molecular weight excluding hydrogens is 186 g/mol. The van der Waals surface area contributed by atoms with Crippen LogP contribution >= 0.6 is 0 Å². The summed E-state index contributed by atoms with van der Waals surface area (Å²) in [4.78, 5) is 8.97. The van der Waals surface area contributed by atoms with Crippen molar-refractivity contribution in [2.45, 2.75) is 52.9 Å². The van der Waals surface area contributed by atoms with E-state index in [-0.39, 0.29) is 5.41 Å². The first kappa shape index (κ1) is 12.0. The highest BCUT2D eigenvalue weighted by Crippen LogP contribution is 2.25. The van der Waals surface area contributed by atoms with Gasteiger partial charge in [-0.2, -0.15) is 0 Å². The molecule has 3 nitrogen and oxygen atoms in total. The smallest absolute Gasteiger partial charge is 0.136 e. The predicted molar refractivity (Wildman–Crippen MR) is 64.0 cm³/mol. The van der Waals surface area contributed by atoms with E-state index in [4.69, 9.17) is 5.73 Å². The number of rotatable bonds is 1. The highest BCUT2D eigenvalue weighted by molar-refractivity contribution is 5.42. The van der Waals surface area contributed by atoms with E-state index < -0.39 is 0 Å². The van der Waals surface area contributed by atoms with Crippen molar-refractivity contribution < 1.29 is 0 Å². The summed E-state index contributed by atoms with van der Waals surface area (Å²) in [5.41, 5.74) is 7.93. The van der Waals surface area contributed by atoms with Gasteiger partial charge < -0.3 is 5.73 Å². The lowest BCUT2D eigenvalue weighted by Crippen LogP contribution is -2.19. The molecule has 15 heavy (non-hydrogen) atoms. The van der Waals surface area contributed by atoms with Crippen LogP contribution in [0.15, 0.2) is 0 Å². The molecule has 84 valence electrons. The molecule has 0 saturated carbocycles. The first-order chi connectivity index (χ1) is 6.73. The molecule has 0 unspecified atom stereocenters. The van der Waals surface area contributed by atoms with Crippen molar-refractivity contribution in [2.24, 2.45) is 0 Å². The number of aromatic nitrogens is 2. The molecule has 0 radical (unpaired) electrons. The Morgan fingerprint density at radius 2 is 1.67 bits per heavy atom.